The van der Waals surface area contributed by atoms with E-state index in [4.69, 9.17) is 5.11 Å². The van der Waals surface area contributed by atoms with Gasteiger partial charge in [-0.15, -0.1) is 10.2 Å². The molecular formula is C16H17FN4O2. The maximum absolute atomic E-state index is 13.4. The lowest BCUT2D eigenvalue weighted by atomic mass is 10.1. The van der Waals surface area contributed by atoms with E-state index in [1.807, 2.05) is 6.07 Å². The Hall–Kier alpha value is -2.70. The highest BCUT2D eigenvalue weighted by atomic mass is 19.1. The molecule has 0 spiro atoms. The van der Waals surface area contributed by atoms with Gasteiger partial charge in [0.15, 0.2) is 11.5 Å². The molecule has 1 aromatic carbocycles. The molecule has 23 heavy (non-hydrogen) atoms. The molecule has 6 nitrogen and oxygen atoms in total. The fourth-order valence-electron chi connectivity index (χ4n) is 2.80. The number of benzene rings is 1. The summed E-state index contributed by atoms with van der Waals surface area (Å²) in [5, 5.41) is 16.6. The first kappa shape index (κ1) is 15.2. The highest BCUT2D eigenvalue weighted by molar-refractivity contribution is 5.85. The third-order valence-electron chi connectivity index (χ3n) is 3.96. The van der Waals surface area contributed by atoms with E-state index in [0.717, 1.165) is 18.8 Å². The van der Waals surface area contributed by atoms with Gasteiger partial charge in [0.2, 0.25) is 0 Å². The molecule has 0 radical (unpaired) electrons. The molecule has 1 aliphatic rings. The molecule has 1 aliphatic heterocycles. The summed E-state index contributed by atoms with van der Waals surface area (Å²) in [7, 11) is 0. The van der Waals surface area contributed by atoms with Gasteiger partial charge in [0.25, 0.3) is 0 Å². The van der Waals surface area contributed by atoms with Crippen molar-refractivity contribution >= 4 is 17.5 Å². The molecule has 2 aromatic rings. The molecule has 0 bridgehead atoms. The normalized spacial score (nSPS) is 18.1. The fourth-order valence-corrected chi connectivity index (χ4v) is 2.80. The van der Waals surface area contributed by atoms with Gasteiger partial charge in [0, 0.05) is 31.4 Å². The van der Waals surface area contributed by atoms with Crippen LogP contribution in [0.5, 0.6) is 0 Å². The van der Waals surface area contributed by atoms with Gasteiger partial charge in [-0.25, -0.2) is 9.18 Å². The number of carboxylic acids is 1. The maximum atomic E-state index is 13.4. The zero-order valence-electron chi connectivity index (χ0n) is 12.7. The van der Waals surface area contributed by atoms with Crippen molar-refractivity contribution < 1.29 is 14.3 Å². The number of carboxylic acid groups (broad SMARTS) is 1. The Labute approximate surface area is 133 Å². The number of carbonyl (C=O) groups is 1. The van der Waals surface area contributed by atoms with Gasteiger partial charge in [0.1, 0.15) is 5.82 Å². The second-order valence-corrected chi connectivity index (χ2v) is 5.55. The highest BCUT2D eigenvalue weighted by Gasteiger charge is 2.25. The van der Waals surface area contributed by atoms with Gasteiger partial charge in [-0.1, -0.05) is 6.07 Å². The first-order valence-corrected chi connectivity index (χ1v) is 7.39. The Morgan fingerprint density at radius 1 is 1.26 bits per heavy atom. The van der Waals surface area contributed by atoms with Crippen molar-refractivity contribution in [3.63, 3.8) is 0 Å². The van der Waals surface area contributed by atoms with Gasteiger partial charge >= 0.3 is 5.97 Å². The van der Waals surface area contributed by atoms with E-state index in [9.17, 15) is 9.18 Å². The average molecular weight is 316 g/mol. The highest BCUT2D eigenvalue weighted by Crippen LogP contribution is 2.23. The monoisotopic (exact) mass is 316 g/mol. The number of aromatic carboxylic acids is 1. The van der Waals surface area contributed by atoms with Crippen LogP contribution < -0.4 is 9.80 Å². The van der Waals surface area contributed by atoms with Crippen molar-refractivity contribution in [1.82, 2.24) is 10.2 Å². The SMILES string of the molecule is CC1CN(c2cccc(F)c2)CCN1c1ccc(C(=O)O)nn1. The van der Waals surface area contributed by atoms with Crippen LogP contribution >= 0.6 is 0 Å². The fraction of sp³-hybridized carbons (Fsp3) is 0.312. The molecule has 1 fully saturated rings. The second kappa shape index (κ2) is 6.20. The van der Waals surface area contributed by atoms with Gasteiger partial charge < -0.3 is 14.9 Å². The maximum Gasteiger partial charge on any atom is 0.356 e. The lowest BCUT2D eigenvalue weighted by Gasteiger charge is -2.41. The average Bonchev–Trinajstić information content (AvgIpc) is 2.55. The summed E-state index contributed by atoms with van der Waals surface area (Å²) in [4.78, 5) is 15.0. The molecule has 120 valence electrons. The van der Waals surface area contributed by atoms with E-state index in [-0.39, 0.29) is 17.6 Å². The smallest absolute Gasteiger partial charge is 0.356 e. The minimum absolute atomic E-state index is 0.0696. The Kier molecular flexibility index (Phi) is 4.10. The van der Waals surface area contributed by atoms with Crippen LogP contribution in [0.2, 0.25) is 0 Å². The summed E-state index contributed by atoms with van der Waals surface area (Å²) < 4.78 is 13.4. The molecule has 1 N–H and O–H groups in total. The van der Waals surface area contributed by atoms with Crippen molar-refractivity contribution in [2.75, 3.05) is 29.4 Å². The molecule has 1 aromatic heterocycles. The van der Waals surface area contributed by atoms with Crippen LogP contribution in [0.3, 0.4) is 0 Å². The Bertz CT molecular complexity index is 707. The number of hydrogen-bond donors (Lipinski definition) is 1. The number of halogens is 1. The summed E-state index contributed by atoms with van der Waals surface area (Å²) in [5.74, 6) is -0.679. The predicted molar refractivity (Wildman–Crippen MR) is 84.4 cm³/mol. The molecule has 1 unspecified atom stereocenters. The molecular weight excluding hydrogens is 299 g/mol. The van der Waals surface area contributed by atoms with E-state index in [1.165, 1.54) is 18.2 Å². The van der Waals surface area contributed by atoms with Crippen LogP contribution in [-0.4, -0.2) is 46.9 Å². The molecule has 2 heterocycles. The van der Waals surface area contributed by atoms with E-state index in [2.05, 4.69) is 26.9 Å². The zero-order chi connectivity index (χ0) is 16.4. The summed E-state index contributed by atoms with van der Waals surface area (Å²) >= 11 is 0. The van der Waals surface area contributed by atoms with Crippen LogP contribution in [0.4, 0.5) is 15.9 Å². The first-order chi connectivity index (χ1) is 11.0. The number of nitrogens with zero attached hydrogens (tertiary/aromatic N) is 4. The van der Waals surface area contributed by atoms with Crippen molar-refractivity contribution in [3.05, 3.63) is 47.9 Å². The lowest BCUT2D eigenvalue weighted by molar-refractivity contribution is 0.0689. The van der Waals surface area contributed by atoms with E-state index in [0.29, 0.717) is 12.4 Å². The standard InChI is InChI=1S/C16H17FN4O2/c1-11-10-20(13-4-2-3-12(17)9-13)7-8-21(11)15-6-5-14(16(22)23)18-19-15/h2-6,9,11H,7-8,10H2,1H3,(H,22,23). The van der Waals surface area contributed by atoms with Crippen LogP contribution in [0.1, 0.15) is 17.4 Å². The van der Waals surface area contributed by atoms with Crippen molar-refractivity contribution in [1.29, 1.82) is 0 Å². The molecule has 1 atom stereocenters. The second-order valence-electron chi connectivity index (χ2n) is 5.55. The Morgan fingerprint density at radius 3 is 2.70 bits per heavy atom. The third-order valence-corrected chi connectivity index (χ3v) is 3.96. The van der Waals surface area contributed by atoms with Crippen molar-refractivity contribution in [3.8, 4) is 0 Å². The molecule has 1 saturated heterocycles. The molecule has 3 rings (SSSR count). The number of hydrogen-bond acceptors (Lipinski definition) is 5. The van der Waals surface area contributed by atoms with Gasteiger partial charge in [-0.2, -0.15) is 0 Å². The molecule has 0 aliphatic carbocycles. The third kappa shape index (κ3) is 3.23. The van der Waals surface area contributed by atoms with E-state index in [1.54, 1.807) is 12.1 Å². The number of piperazine rings is 1. The summed E-state index contributed by atoms with van der Waals surface area (Å²) in [5.41, 5.74) is 0.795. The van der Waals surface area contributed by atoms with Gasteiger partial charge in [-0.05, 0) is 37.3 Å². The summed E-state index contributed by atoms with van der Waals surface area (Å²) in [6, 6.07) is 9.84. The Balaban J connectivity index is 1.72. The summed E-state index contributed by atoms with van der Waals surface area (Å²) in [6.45, 7) is 4.22. The van der Waals surface area contributed by atoms with E-state index >= 15 is 0 Å². The zero-order valence-corrected chi connectivity index (χ0v) is 12.7. The minimum atomic E-state index is -1.09. The first-order valence-electron chi connectivity index (χ1n) is 7.39. The summed E-state index contributed by atoms with van der Waals surface area (Å²) in [6.07, 6.45) is 0. The van der Waals surface area contributed by atoms with Gasteiger partial charge in [0.05, 0.1) is 0 Å². The molecule has 0 amide bonds. The largest absolute Gasteiger partial charge is 0.476 e. The van der Waals surface area contributed by atoms with Crippen LogP contribution in [-0.2, 0) is 0 Å². The minimum Gasteiger partial charge on any atom is -0.476 e. The number of rotatable bonds is 3. The predicted octanol–water partition coefficient (Wildman–Crippen LogP) is 2.03. The van der Waals surface area contributed by atoms with Crippen LogP contribution in [0, 0.1) is 5.82 Å². The number of aromatic nitrogens is 2. The van der Waals surface area contributed by atoms with E-state index < -0.39 is 5.97 Å². The van der Waals surface area contributed by atoms with Crippen LogP contribution in [0.15, 0.2) is 36.4 Å². The molecule has 0 saturated carbocycles. The van der Waals surface area contributed by atoms with Gasteiger partial charge in [-0.3, -0.25) is 0 Å². The molecule has 7 heteroatoms. The topological polar surface area (TPSA) is 69.6 Å². The lowest BCUT2D eigenvalue weighted by Crippen LogP contribution is -2.52. The Morgan fingerprint density at radius 2 is 2.09 bits per heavy atom. The van der Waals surface area contributed by atoms with Crippen molar-refractivity contribution in [2.24, 2.45) is 0 Å². The quantitative estimate of drug-likeness (QED) is 0.934. The number of anilines is 2. The van der Waals surface area contributed by atoms with Crippen LogP contribution in [0.25, 0.3) is 0 Å². The van der Waals surface area contributed by atoms with Crippen molar-refractivity contribution in [2.45, 2.75) is 13.0 Å².